The Kier molecular flexibility index (Phi) is 5.15. The summed E-state index contributed by atoms with van der Waals surface area (Å²) in [4.78, 5) is 15.3. The van der Waals surface area contributed by atoms with E-state index in [1.165, 1.54) is 0 Å². The Morgan fingerprint density at radius 1 is 1.18 bits per heavy atom. The van der Waals surface area contributed by atoms with Crippen LogP contribution in [0.1, 0.15) is 25.1 Å². The van der Waals surface area contributed by atoms with E-state index in [4.69, 9.17) is 9.84 Å². The van der Waals surface area contributed by atoms with Crippen molar-refractivity contribution in [2.45, 2.75) is 27.2 Å². The summed E-state index contributed by atoms with van der Waals surface area (Å²) >= 11 is 0. The molecule has 4 nitrogen and oxygen atoms in total. The van der Waals surface area contributed by atoms with Crippen molar-refractivity contribution < 1.29 is 14.6 Å². The normalized spacial score (nSPS) is 10.7. The molecule has 0 radical (unpaired) electrons. The van der Waals surface area contributed by atoms with E-state index in [0.29, 0.717) is 12.5 Å². The van der Waals surface area contributed by atoms with E-state index in [1.807, 2.05) is 43.3 Å². The summed E-state index contributed by atoms with van der Waals surface area (Å²) in [6, 6.07) is 11.5. The van der Waals surface area contributed by atoms with Gasteiger partial charge >= 0.3 is 5.97 Å². The molecule has 0 saturated carbocycles. The lowest BCUT2D eigenvalue weighted by molar-refractivity contribution is -0.136. The second kappa shape index (κ2) is 7.07. The SMILES string of the molecule is Cc1nc(-c2ccc(OCC(C)C)cc2)ccc1CC(=O)O. The van der Waals surface area contributed by atoms with Crippen LogP contribution in [0.3, 0.4) is 0 Å². The molecular weight excluding hydrogens is 278 g/mol. The number of rotatable bonds is 6. The van der Waals surface area contributed by atoms with Crippen molar-refractivity contribution in [3.8, 4) is 17.0 Å². The van der Waals surface area contributed by atoms with Gasteiger partial charge in [0.15, 0.2) is 0 Å². The molecule has 0 aliphatic carbocycles. The van der Waals surface area contributed by atoms with Crippen LogP contribution in [0.2, 0.25) is 0 Å². The highest BCUT2D eigenvalue weighted by Crippen LogP contribution is 2.22. The number of carbonyl (C=O) groups is 1. The van der Waals surface area contributed by atoms with Gasteiger partial charge in [-0.05, 0) is 48.7 Å². The van der Waals surface area contributed by atoms with Gasteiger partial charge in [-0.2, -0.15) is 0 Å². The predicted octanol–water partition coefficient (Wildman–Crippen LogP) is 3.72. The van der Waals surface area contributed by atoms with Crippen LogP contribution >= 0.6 is 0 Å². The summed E-state index contributed by atoms with van der Waals surface area (Å²) < 4.78 is 5.66. The van der Waals surface area contributed by atoms with Crippen molar-refractivity contribution in [1.29, 1.82) is 0 Å². The van der Waals surface area contributed by atoms with Crippen molar-refractivity contribution in [2.75, 3.05) is 6.61 Å². The lowest BCUT2D eigenvalue weighted by Crippen LogP contribution is -2.04. The van der Waals surface area contributed by atoms with E-state index >= 15 is 0 Å². The maximum Gasteiger partial charge on any atom is 0.307 e. The minimum atomic E-state index is -0.843. The molecule has 0 unspecified atom stereocenters. The fraction of sp³-hybridized carbons (Fsp3) is 0.333. The first-order valence-corrected chi connectivity index (χ1v) is 7.37. The number of hydrogen-bond donors (Lipinski definition) is 1. The molecule has 1 N–H and O–H groups in total. The molecule has 116 valence electrons. The number of hydrogen-bond acceptors (Lipinski definition) is 3. The third kappa shape index (κ3) is 4.32. The molecule has 2 aromatic rings. The fourth-order valence-corrected chi connectivity index (χ4v) is 2.09. The van der Waals surface area contributed by atoms with E-state index in [-0.39, 0.29) is 6.42 Å². The molecule has 4 heteroatoms. The number of carboxylic acid groups (broad SMARTS) is 1. The smallest absolute Gasteiger partial charge is 0.307 e. The number of aromatic nitrogens is 1. The molecule has 22 heavy (non-hydrogen) atoms. The number of pyridine rings is 1. The molecule has 0 bridgehead atoms. The van der Waals surface area contributed by atoms with Crippen LogP contribution in [0.25, 0.3) is 11.3 Å². The predicted molar refractivity (Wildman–Crippen MR) is 86.1 cm³/mol. The Hall–Kier alpha value is -2.36. The van der Waals surface area contributed by atoms with Crippen molar-refractivity contribution in [1.82, 2.24) is 4.98 Å². The molecule has 1 heterocycles. The Labute approximate surface area is 130 Å². The van der Waals surface area contributed by atoms with E-state index in [2.05, 4.69) is 18.8 Å². The Bertz CT molecular complexity index is 648. The van der Waals surface area contributed by atoms with Gasteiger partial charge in [0.2, 0.25) is 0 Å². The number of nitrogens with zero attached hydrogens (tertiary/aromatic N) is 1. The zero-order valence-corrected chi connectivity index (χ0v) is 13.2. The average molecular weight is 299 g/mol. The summed E-state index contributed by atoms with van der Waals surface area (Å²) in [6.07, 6.45) is 0.00108. The first-order valence-electron chi connectivity index (χ1n) is 7.37. The van der Waals surface area contributed by atoms with Crippen LogP contribution in [-0.4, -0.2) is 22.7 Å². The zero-order valence-electron chi connectivity index (χ0n) is 13.2. The van der Waals surface area contributed by atoms with E-state index in [9.17, 15) is 4.79 Å². The van der Waals surface area contributed by atoms with E-state index in [0.717, 1.165) is 28.3 Å². The van der Waals surface area contributed by atoms with Gasteiger partial charge in [-0.1, -0.05) is 19.9 Å². The van der Waals surface area contributed by atoms with Gasteiger partial charge in [-0.15, -0.1) is 0 Å². The van der Waals surface area contributed by atoms with Gasteiger partial charge in [-0.25, -0.2) is 0 Å². The number of aryl methyl sites for hydroxylation is 1. The zero-order chi connectivity index (χ0) is 16.1. The summed E-state index contributed by atoms with van der Waals surface area (Å²) in [5, 5.41) is 8.86. The molecule has 0 aliphatic rings. The molecule has 1 aromatic heterocycles. The minimum Gasteiger partial charge on any atom is -0.493 e. The van der Waals surface area contributed by atoms with Crippen LogP contribution < -0.4 is 4.74 Å². The third-order valence-corrected chi connectivity index (χ3v) is 3.27. The van der Waals surface area contributed by atoms with Gasteiger partial charge < -0.3 is 9.84 Å². The second-order valence-corrected chi connectivity index (χ2v) is 5.74. The van der Waals surface area contributed by atoms with Crippen molar-refractivity contribution in [3.05, 3.63) is 47.7 Å². The molecule has 0 spiro atoms. The second-order valence-electron chi connectivity index (χ2n) is 5.74. The van der Waals surface area contributed by atoms with E-state index < -0.39 is 5.97 Å². The van der Waals surface area contributed by atoms with E-state index in [1.54, 1.807) is 0 Å². The highest BCUT2D eigenvalue weighted by atomic mass is 16.5. The van der Waals surface area contributed by atoms with Gasteiger partial charge in [0, 0.05) is 11.3 Å². The Balaban J connectivity index is 2.14. The summed E-state index contributed by atoms with van der Waals surface area (Å²) in [5.74, 6) is 0.492. The fourth-order valence-electron chi connectivity index (χ4n) is 2.09. The molecule has 0 saturated heterocycles. The molecule has 0 fully saturated rings. The maximum absolute atomic E-state index is 10.8. The van der Waals surface area contributed by atoms with Gasteiger partial charge in [0.1, 0.15) is 5.75 Å². The quantitative estimate of drug-likeness (QED) is 0.883. The molecule has 0 atom stereocenters. The topological polar surface area (TPSA) is 59.4 Å². The van der Waals surface area contributed by atoms with Crippen LogP contribution in [0, 0.1) is 12.8 Å². The largest absolute Gasteiger partial charge is 0.493 e. The molecule has 0 amide bonds. The highest BCUT2D eigenvalue weighted by Gasteiger charge is 2.07. The highest BCUT2D eigenvalue weighted by molar-refractivity contribution is 5.71. The Morgan fingerprint density at radius 2 is 1.86 bits per heavy atom. The van der Waals surface area contributed by atoms with Gasteiger partial charge in [-0.3, -0.25) is 9.78 Å². The van der Waals surface area contributed by atoms with Crippen molar-refractivity contribution >= 4 is 5.97 Å². The van der Waals surface area contributed by atoms with Crippen molar-refractivity contribution in [3.63, 3.8) is 0 Å². The van der Waals surface area contributed by atoms with Crippen LogP contribution in [0.5, 0.6) is 5.75 Å². The molecule has 0 aliphatic heterocycles. The van der Waals surface area contributed by atoms with Gasteiger partial charge in [0.05, 0.1) is 18.7 Å². The Morgan fingerprint density at radius 3 is 2.41 bits per heavy atom. The third-order valence-electron chi connectivity index (χ3n) is 3.27. The lowest BCUT2D eigenvalue weighted by atomic mass is 10.1. The van der Waals surface area contributed by atoms with Crippen LogP contribution in [-0.2, 0) is 11.2 Å². The molecular formula is C18H21NO3. The summed E-state index contributed by atoms with van der Waals surface area (Å²) in [6.45, 7) is 6.75. The monoisotopic (exact) mass is 299 g/mol. The summed E-state index contributed by atoms with van der Waals surface area (Å²) in [5.41, 5.74) is 3.32. The average Bonchev–Trinajstić information content (AvgIpc) is 2.47. The molecule has 1 aromatic carbocycles. The first-order chi connectivity index (χ1) is 10.5. The molecule has 2 rings (SSSR count). The lowest BCUT2D eigenvalue weighted by Gasteiger charge is -2.10. The van der Waals surface area contributed by atoms with Gasteiger partial charge in [0.25, 0.3) is 0 Å². The van der Waals surface area contributed by atoms with Crippen LogP contribution in [0.15, 0.2) is 36.4 Å². The number of carboxylic acids is 1. The number of benzene rings is 1. The van der Waals surface area contributed by atoms with Crippen molar-refractivity contribution in [2.24, 2.45) is 5.92 Å². The first kappa shape index (κ1) is 16.0. The van der Waals surface area contributed by atoms with Crippen LogP contribution in [0.4, 0.5) is 0 Å². The maximum atomic E-state index is 10.8. The standard InChI is InChI=1S/C18H21NO3/c1-12(2)11-22-16-7-4-14(5-8-16)17-9-6-15(10-18(20)21)13(3)19-17/h4-9,12H,10-11H2,1-3H3,(H,20,21). The number of aliphatic carboxylic acids is 1. The number of ether oxygens (including phenoxy) is 1. The minimum absolute atomic E-state index is 0.00108. The summed E-state index contributed by atoms with van der Waals surface area (Å²) in [7, 11) is 0.